The molecule has 3 saturated heterocycles. The van der Waals surface area contributed by atoms with Gasteiger partial charge in [-0.3, -0.25) is 15.0 Å². The smallest absolute Gasteiger partial charge is 0.320 e. The zero-order valence-electron chi connectivity index (χ0n) is 9.78. The molecule has 4 heteroatoms. The first-order valence-corrected chi connectivity index (χ1v) is 6.37. The summed E-state index contributed by atoms with van der Waals surface area (Å²) in [6.07, 6.45) is 5.00. The molecule has 2 unspecified atom stereocenters. The number of carboxylic acid groups (broad SMARTS) is 1. The fraction of sp³-hybridized carbons (Fsp3) is 0.917. The molecular weight excluding hydrogens is 204 g/mol. The van der Waals surface area contributed by atoms with Gasteiger partial charge in [0, 0.05) is 11.6 Å². The largest absolute Gasteiger partial charge is 0.480 e. The second-order valence-electron chi connectivity index (χ2n) is 5.63. The van der Waals surface area contributed by atoms with Gasteiger partial charge >= 0.3 is 5.97 Å². The molecule has 1 spiro atoms. The standard InChI is InChI=1S/C12H20N2O2/c1-8(11(15)16)13-10-9-2-6-14(7-3-9)12(10)4-5-12/h8-10,13H,2-7H2,1H3,(H,15,16). The number of rotatable bonds is 3. The Labute approximate surface area is 96.0 Å². The van der Waals surface area contributed by atoms with Crippen LogP contribution in [0, 0.1) is 5.92 Å². The molecule has 4 fully saturated rings. The fourth-order valence-electron chi connectivity index (χ4n) is 3.70. The summed E-state index contributed by atoms with van der Waals surface area (Å²) in [6, 6.07) is 0.00382. The molecule has 4 aliphatic rings. The summed E-state index contributed by atoms with van der Waals surface area (Å²) in [5.41, 5.74) is 0.338. The molecule has 4 rings (SSSR count). The van der Waals surface area contributed by atoms with Crippen molar-refractivity contribution in [2.75, 3.05) is 13.1 Å². The Kier molecular flexibility index (Phi) is 2.27. The van der Waals surface area contributed by atoms with Crippen LogP contribution in [0.15, 0.2) is 0 Å². The van der Waals surface area contributed by atoms with Crippen molar-refractivity contribution < 1.29 is 9.90 Å². The van der Waals surface area contributed by atoms with Gasteiger partial charge in [0.15, 0.2) is 0 Å². The van der Waals surface area contributed by atoms with Gasteiger partial charge in [0.2, 0.25) is 0 Å². The van der Waals surface area contributed by atoms with Gasteiger partial charge in [-0.05, 0) is 51.6 Å². The predicted molar refractivity (Wildman–Crippen MR) is 60.3 cm³/mol. The minimum Gasteiger partial charge on any atom is -0.480 e. The minimum absolute atomic E-state index is 0.338. The van der Waals surface area contributed by atoms with Crippen molar-refractivity contribution in [1.82, 2.24) is 10.2 Å². The summed E-state index contributed by atoms with van der Waals surface area (Å²) in [7, 11) is 0. The van der Waals surface area contributed by atoms with Crippen LogP contribution in [0.1, 0.15) is 32.6 Å². The molecule has 0 aromatic rings. The summed E-state index contributed by atoms with van der Waals surface area (Å²) in [5, 5.41) is 12.4. The van der Waals surface area contributed by atoms with Crippen LogP contribution in [0.4, 0.5) is 0 Å². The van der Waals surface area contributed by atoms with Gasteiger partial charge < -0.3 is 5.11 Å². The number of piperidine rings is 3. The molecule has 4 nitrogen and oxygen atoms in total. The summed E-state index contributed by atoms with van der Waals surface area (Å²) >= 11 is 0. The first kappa shape index (κ1) is 10.5. The number of nitrogens with zero attached hydrogens (tertiary/aromatic N) is 1. The predicted octanol–water partition coefficient (Wildman–Crippen LogP) is 0.676. The topological polar surface area (TPSA) is 52.6 Å². The third kappa shape index (κ3) is 1.39. The van der Waals surface area contributed by atoms with E-state index in [-0.39, 0.29) is 0 Å². The highest BCUT2D eigenvalue weighted by molar-refractivity contribution is 5.72. The molecule has 0 radical (unpaired) electrons. The second kappa shape index (κ2) is 3.44. The number of fused-ring (bicyclic) bond motifs is 2. The van der Waals surface area contributed by atoms with Gasteiger partial charge in [0.25, 0.3) is 0 Å². The average molecular weight is 224 g/mol. The van der Waals surface area contributed by atoms with E-state index in [0.29, 0.717) is 17.5 Å². The lowest BCUT2D eigenvalue weighted by molar-refractivity contribution is -0.140. The number of hydrogen-bond donors (Lipinski definition) is 2. The zero-order chi connectivity index (χ0) is 11.3. The van der Waals surface area contributed by atoms with Crippen molar-refractivity contribution in [2.24, 2.45) is 5.92 Å². The van der Waals surface area contributed by atoms with Crippen molar-refractivity contribution in [3.05, 3.63) is 0 Å². The molecule has 90 valence electrons. The maximum Gasteiger partial charge on any atom is 0.320 e. The van der Waals surface area contributed by atoms with E-state index >= 15 is 0 Å². The Hall–Kier alpha value is -0.610. The Balaban J connectivity index is 1.76. The first-order valence-electron chi connectivity index (χ1n) is 6.37. The normalized spacial score (nSPS) is 40.9. The van der Waals surface area contributed by atoms with Crippen LogP contribution < -0.4 is 5.32 Å². The van der Waals surface area contributed by atoms with E-state index in [1.807, 2.05) is 0 Å². The van der Waals surface area contributed by atoms with Crippen LogP contribution in [0.25, 0.3) is 0 Å². The molecule has 2 N–H and O–H groups in total. The van der Waals surface area contributed by atoms with Crippen LogP contribution in [0.2, 0.25) is 0 Å². The first-order chi connectivity index (χ1) is 7.63. The number of nitrogens with one attached hydrogen (secondary N) is 1. The maximum atomic E-state index is 10.9. The quantitative estimate of drug-likeness (QED) is 0.740. The van der Waals surface area contributed by atoms with E-state index in [1.54, 1.807) is 6.92 Å². The van der Waals surface area contributed by atoms with Crippen molar-refractivity contribution in [1.29, 1.82) is 0 Å². The van der Waals surface area contributed by atoms with Crippen molar-refractivity contribution >= 4 is 5.97 Å². The SMILES string of the molecule is CC(NC1C2CCN(CC2)C12CC2)C(=O)O. The average Bonchev–Trinajstić information content (AvgIpc) is 3.05. The Morgan fingerprint density at radius 3 is 2.56 bits per heavy atom. The van der Waals surface area contributed by atoms with Crippen molar-refractivity contribution in [2.45, 2.75) is 50.2 Å². The third-order valence-corrected chi connectivity index (χ3v) is 4.78. The highest BCUT2D eigenvalue weighted by Gasteiger charge is 2.60. The molecule has 1 aliphatic carbocycles. The molecule has 16 heavy (non-hydrogen) atoms. The molecule has 2 atom stereocenters. The number of carboxylic acids is 1. The van der Waals surface area contributed by atoms with Crippen LogP contribution in [0.3, 0.4) is 0 Å². The molecule has 2 bridgehead atoms. The number of aliphatic carboxylic acids is 1. The summed E-state index contributed by atoms with van der Waals surface area (Å²) < 4.78 is 0. The number of hydrogen-bond acceptors (Lipinski definition) is 3. The molecule has 0 aromatic heterocycles. The van der Waals surface area contributed by atoms with E-state index in [1.165, 1.54) is 38.8 Å². The Bertz CT molecular complexity index is 306. The van der Waals surface area contributed by atoms with E-state index in [4.69, 9.17) is 5.11 Å². The summed E-state index contributed by atoms with van der Waals surface area (Å²) in [5.74, 6) is -0.0263. The van der Waals surface area contributed by atoms with E-state index in [9.17, 15) is 4.79 Å². The van der Waals surface area contributed by atoms with Crippen LogP contribution >= 0.6 is 0 Å². The van der Waals surface area contributed by atoms with Crippen molar-refractivity contribution in [3.8, 4) is 0 Å². The third-order valence-electron chi connectivity index (χ3n) is 4.78. The number of carbonyl (C=O) groups is 1. The van der Waals surface area contributed by atoms with E-state index < -0.39 is 12.0 Å². The van der Waals surface area contributed by atoms with E-state index in [0.717, 1.165) is 0 Å². The lowest BCUT2D eigenvalue weighted by Crippen LogP contribution is -2.66. The maximum absolute atomic E-state index is 10.9. The highest BCUT2D eigenvalue weighted by Crippen LogP contribution is 2.53. The summed E-state index contributed by atoms with van der Waals surface area (Å²) in [6.45, 7) is 4.21. The molecule has 3 heterocycles. The molecule has 1 saturated carbocycles. The van der Waals surface area contributed by atoms with Gasteiger partial charge in [-0.15, -0.1) is 0 Å². The highest BCUT2D eigenvalue weighted by atomic mass is 16.4. The molecular formula is C12H20N2O2. The lowest BCUT2D eigenvalue weighted by Gasteiger charge is -2.52. The van der Waals surface area contributed by atoms with Gasteiger partial charge in [0.05, 0.1) is 0 Å². The van der Waals surface area contributed by atoms with Crippen molar-refractivity contribution in [3.63, 3.8) is 0 Å². The fourth-order valence-corrected chi connectivity index (χ4v) is 3.70. The summed E-state index contributed by atoms with van der Waals surface area (Å²) in [4.78, 5) is 13.5. The molecule has 0 aromatic carbocycles. The zero-order valence-corrected chi connectivity index (χ0v) is 9.78. The monoisotopic (exact) mass is 224 g/mol. The minimum atomic E-state index is -0.729. The van der Waals surface area contributed by atoms with Crippen LogP contribution in [-0.2, 0) is 4.79 Å². The Morgan fingerprint density at radius 1 is 1.44 bits per heavy atom. The van der Waals surface area contributed by atoms with Gasteiger partial charge in [0.1, 0.15) is 6.04 Å². The molecule has 0 amide bonds. The second-order valence-corrected chi connectivity index (χ2v) is 5.63. The van der Waals surface area contributed by atoms with Crippen LogP contribution in [-0.4, -0.2) is 46.7 Å². The lowest BCUT2D eigenvalue weighted by atomic mass is 9.76. The van der Waals surface area contributed by atoms with Gasteiger partial charge in [-0.1, -0.05) is 0 Å². The molecule has 3 aliphatic heterocycles. The van der Waals surface area contributed by atoms with Crippen LogP contribution in [0.5, 0.6) is 0 Å². The van der Waals surface area contributed by atoms with Gasteiger partial charge in [-0.25, -0.2) is 0 Å². The van der Waals surface area contributed by atoms with E-state index in [2.05, 4.69) is 10.2 Å². The Morgan fingerprint density at radius 2 is 2.06 bits per heavy atom. The van der Waals surface area contributed by atoms with Gasteiger partial charge in [-0.2, -0.15) is 0 Å².